The monoisotopic (exact) mass is 280 g/mol. The van der Waals surface area contributed by atoms with Gasteiger partial charge in [-0.25, -0.2) is 5.43 Å². The van der Waals surface area contributed by atoms with Crippen LogP contribution in [0.15, 0.2) is 23.3 Å². The molecular formula is C11H12N4O5. The minimum Gasteiger partial charge on any atom is -0.267 e. The quantitative estimate of drug-likeness (QED) is 0.484. The summed E-state index contributed by atoms with van der Waals surface area (Å²) >= 11 is 0. The van der Waals surface area contributed by atoms with Crippen molar-refractivity contribution in [2.45, 2.75) is 19.8 Å². The standard InChI is InChI=1S/C11H12N4O5/c1-2-3-4-12-13-11(16)8-5-9(14(17)18)7-10(6-8)15(19)20/h4-7H,2-3H2,1H3,(H,13,16)/b12-4-. The Balaban J connectivity index is 3.01. The number of nitrogens with zero attached hydrogens (tertiary/aromatic N) is 3. The van der Waals surface area contributed by atoms with Crippen molar-refractivity contribution in [3.05, 3.63) is 44.0 Å². The summed E-state index contributed by atoms with van der Waals surface area (Å²) in [5, 5.41) is 25.0. The maximum atomic E-state index is 11.7. The Morgan fingerprint density at radius 1 is 1.25 bits per heavy atom. The first-order valence-electron chi connectivity index (χ1n) is 5.71. The first kappa shape index (κ1) is 15.2. The highest BCUT2D eigenvalue weighted by molar-refractivity contribution is 5.95. The molecule has 1 rings (SSSR count). The Morgan fingerprint density at radius 3 is 2.25 bits per heavy atom. The minimum atomic E-state index is -0.801. The van der Waals surface area contributed by atoms with Gasteiger partial charge in [-0.15, -0.1) is 0 Å². The highest BCUT2D eigenvalue weighted by atomic mass is 16.6. The van der Waals surface area contributed by atoms with Crippen LogP contribution in [-0.4, -0.2) is 22.0 Å². The van der Waals surface area contributed by atoms with Gasteiger partial charge in [0.05, 0.1) is 21.5 Å². The number of nitro groups is 2. The fourth-order valence-electron chi connectivity index (χ4n) is 1.30. The summed E-state index contributed by atoms with van der Waals surface area (Å²) in [6, 6.07) is 2.70. The number of hydrazone groups is 1. The molecule has 0 fully saturated rings. The molecule has 0 heterocycles. The number of amides is 1. The summed E-state index contributed by atoms with van der Waals surface area (Å²) in [6.07, 6.45) is 2.99. The fraction of sp³-hybridized carbons (Fsp3) is 0.273. The molecule has 0 saturated carbocycles. The van der Waals surface area contributed by atoms with E-state index in [1.54, 1.807) is 0 Å². The number of nitro benzene ring substituents is 2. The Hall–Kier alpha value is -2.84. The summed E-state index contributed by atoms with van der Waals surface area (Å²) in [5.74, 6) is -0.746. The van der Waals surface area contributed by atoms with Crippen LogP contribution in [0.2, 0.25) is 0 Å². The van der Waals surface area contributed by atoms with Crippen LogP contribution in [-0.2, 0) is 0 Å². The van der Waals surface area contributed by atoms with Crippen LogP contribution in [0.4, 0.5) is 11.4 Å². The van der Waals surface area contributed by atoms with Crippen molar-refractivity contribution in [3.8, 4) is 0 Å². The van der Waals surface area contributed by atoms with Crippen LogP contribution in [0.5, 0.6) is 0 Å². The van der Waals surface area contributed by atoms with E-state index < -0.39 is 27.1 Å². The number of hydrogen-bond acceptors (Lipinski definition) is 6. The van der Waals surface area contributed by atoms with E-state index in [0.29, 0.717) is 6.42 Å². The van der Waals surface area contributed by atoms with Gasteiger partial charge in [0.15, 0.2) is 0 Å². The number of carbonyl (C=O) groups is 1. The van der Waals surface area contributed by atoms with E-state index in [2.05, 4.69) is 10.5 Å². The van der Waals surface area contributed by atoms with Gasteiger partial charge in [-0.05, 0) is 6.42 Å². The second-order valence-electron chi connectivity index (χ2n) is 3.79. The summed E-state index contributed by atoms with van der Waals surface area (Å²) < 4.78 is 0. The Bertz CT molecular complexity index is 538. The lowest BCUT2D eigenvalue weighted by molar-refractivity contribution is -0.394. The van der Waals surface area contributed by atoms with E-state index in [1.165, 1.54) is 6.21 Å². The highest BCUT2D eigenvalue weighted by Crippen LogP contribution is 2.22. The van der Waals surface area contributed by atoms with Crippen LogP contribution in [0.25, 0.3) is 0 Å². The number of rotatable bonds is 6. The maximum Gasteiger partial charge on any atom is 0.277 e. The summed E-state index contributed by atoms with van der Waals surface area (Å²) in [4.78, 5) is 31.4. The van der Waals surface area contributed by atoms with E-state index in [4.69, 9.17) is 0 Å². The largest absolute Gasteiger partial charge is 0.277 e. The van der Waals surface area contributed by atoms with Crippen molar-refractivity contribution in [1.82, 2.24) is 5.43 Å². The number of carbonyl (C=O) groups excluding carboxylic acids is 1. The zero-order valence-electron chi connectivity index (χ0n) is 10.6. The lowest BCUT2D eigenvalue weighted by atomic mass is 10.1. The SMILES string of the molecule is CCC/C=N\NC(=O)c1cc([N+](=O)[O-])cc([N+](=O)[O-])c1. The van der Waals surface area contributed by atoms with Gasteiger partial charge in [-0.2, -0.15) is 5.10 Å². The number of benzene rings is 1. The molecule has 0 aliphatic rings. The molecule has 0 unspecified atom stereocenters. The van der Waals surface area contributed by atoms with E-state index >= 15 is 0 Å². The lowest BCUT2D eigenvalue weighted by Crippen LogP contribution is -2.17. The Morgan fingerprint density at radius 2 is 1.80 bits per heavy atom. The molecule has 1 amide bonds. The summed E-state index contributed by atoms with van der Waals surface area (Å²) in [6.45, 7) is 1.93. The Labute approximate surface area is 113 Å². The van der Waals surface area contributed by atoms with Crippen molar-refractivity contribution in [2.75, 3.05) is 0 Å². The van der Waals surface area contributed by atoms with Crippen molar-refractivity contribution >= 4 is 23.5 Å². The van der Waals surface area contributed by atoms with Gasteiger partial charge in [0.2, 0.25) is 0 Å². The molecule has 0 aliphatic carbocycles. The maximum absolute atomic E-state index is 11.7. The molecule has 1 N–H and O–H groups in total. The molecule has 0 saturated heterocycles. The van der Waals surface area contributed by atoms with Crippen LogP contribution in [0, 0.1) is 20.2 Å². The summed E-state index contributed by atoms with van der Waals surface area (Å²) in [7, 11) is 0. The molecule has 1 aromatic rings. The zero-order valence-corrected chi connectivity index (χ0v) is 10.6. The number of hydrogen-bond donors (Lipinski definition) is 1. The number of non-ortho nitro benzene ring substituents is 2. The molecule has 9 heteroatoms. The first-order chi connectivity index (χ1) is 9.45. The molecule has 0 atom stereocenters. The molecule has 0 aromatic heterocycles. The molecule has 9 nitrogen and oxygen atoms in total. The Kier molecular flexibility index (Phi) is 5.27. The van der Waals surface area contributed by atoms with Crippen LogP contribution in [0.1, 0.15) is 30.1 Å². The lowest BCUT2D eigenvalue weighted by Gasteiger charge is -2.00. The van der Waals surface area contributed by atoms with E-state index in [0.717, 1.165) is 24.6 Å². The first-order valence-corrected chi connectivity index (χ1v) is 5.71. The fourth-order valence-corrected chi connectivity index (χ4v) is 1.30. The van der Waals surface area contributed by atoms with Crippen LogP contribution < -0.4 is 5.43 Å². The number of unbranched alkanes of at least 4 members (excludes halogenated alkanes) is 1. The predicted octanol–water partition coefficient (Wildman–Crippen LogP) is 2.02. The molecule has 0 aliphatic heterocycles. The third kappa shape index (κ3) is 4.12. The molecule has 20 heavy (non-hydrogen) atoms. The van der Waals surface area contributed by atoms with Gasteiger partial charge in [-0.3, -0.25) is 25.0 Å². The average molecular weight is 280 g/mol. The van der Waals surface area contributed by atoms with E-state index in [-0.39, 0.29) is 5.56 Å². The molecule has 1 aromatic carbocycles. The van der Waals surface area contributed by atoms with E-state index in [9.17, 15) is 25.0 Å². The van der Waals surface area contributed by atoms with Crippen molar-refractivity contribution in [2.24, 2.45) is 5.10 Å². The molecular weight excluding hydrogens is 268 g/mol. The third-order valence-electron chi connectivity index (χ3n) is 2.26. The van der Waals surface area contributed by atoms with E-state index in [1.807, 2.05) is 6.92 Å². The third-order valence-corrected chi connectivity index (χ3v) is 2.26. The zero-order chi connectivity index (χ0) is 15.1. The number of nitrogens with one attached hydrogen (secondary N) is 1. The minimum absolute atomic E-state index is 0.195. The van der Waals surface area contributed by atoms with Gasteiger partial charge in [0.1, 0.15) is 0 Å². The normalized spacial score (nSPS) is 10.4. The van der Waals surface area contributed by atoms with Gasteiger partial charge in [-0.1, -0.05) is 13.3 Å². The smallest absolute Gasteiger partial charge is 0.267 e. The van der Waals surface area contributed by atoms with Gasteiger partial charge in [0.25, 0.3) is 17.3 Å². The average Bonchev–Trinajstić information content (AvgIpc) is 2.42. The summed E-state index contributed by atoms with van der Waals surface area (Å²) in [5.41, 5.74) is 0.904. The molecule has 0 bridgehead atoms. The second-order valence-corrected chi connectivity index (χ2v) is 3.79. The van der Waals surface area contributed by atoms with Gasteiger partial charge in [0, 0.05) is 18.3 Å². The van der Waals surface area contributed by atoms with Crippen molar-refractivity contribution in [3.63, 3.8) is 0 Å². The molecule has 0 spiro atoms. The van der Waals surface area contributed by atoms with Crippen LogP contribution in [0.3, 0.4) is 0 Å². The second kappa shape index (κ2) is 6.92. The molecule has 106 valence electrons. The van der Waals surface area contributed by atoms with Crippen molar-refractivity contribution in [1.29, 1.82) is 0 Å². The predicted molar refractivity (Wildman–Crippen MR) is 70.6 cm³/mol. The van der Waals surface area contributed by atoms with Gasteiger partial charge < -0.3 is 0 Å². The van der Waals surface area contributed by atoms with Gasteiger partial charge >= 0.3 is 0 Å². The topological polar surface area (TPSA) is 128 Å². The van der Waals surface area contributed by atoms with Crippen LogP contribution >= 0.6 is 0 Å². The highest BCUT2D eigenvalue weighted by Gasteiger charge is 2.19. The molecule has 0 radical (unpaired) electrons. The van der Waals surface area contributed by atoms with Crippen molar-refractivity contribution < 1.29 is 14.6 Å².